The second kappa shape index (κ2) is 8.28. The minimum absolute atomic E-state index is 0.193. The van der Waals surface area contributed by atoms with Crippen molar-refractivity contribution in [1.82, 2.24) is 15.0 Å². The molecule has 1 aromatic carbocycles. The molecule has 5 nitrogen and oxygen atoms in total. The van der Waals surface area contributed by atoms with Crippen LogP contribution in [0.1, 0.15) is 68.6 Å². The molecule has 0 radical (unpaired) electrons. The van der Waals surface area contributed by atoms with E-state index >= 15 is 0 Å². The van der Waals surface area contributed by atoms with Gasteiger partial charge in [0.25, 0.3) is 0 Å². The maximum Gasteiger partial charge on any atom is 0.227 e. The van der Waals surface area contributed by atoms with E-state index in [1.807, 2.05) is 18.7 Å². The van der Waals surface area contributed by atoms with Crippen LogP contribution in [0.3, 0.4) is 0 Å². The molecule has 25 heavy (non-hydrogen) atoms. The number of likely N-dealkylation sites (tertiary alicyclic amines) is 1. The minimum atomic E-state index is 0.193. The Morgan fingerprint density at radius 1 is 1.24 bits per heavy atom. The topological polar surface area (TPSA) is 59.2 Å². The van der Waals surface area contributed by atoms with Gasteiger partial charge in [-0.1, -0.05) is 49.3 Å². The summed E-state index contributed by atoms with van der Waals surface area (Å²) in [6.45, 7) is 5.74. The molecular formula is C20H27N3O2. The lowest BCUT2D eigenvalue weighted by Crippen LogP contribution is -2.32. The summed E-state index contributed by atoms with van der Waals surface area (Å²) in [7, 11) is 0. The molecule has 1 fully saturated rings. The van der Waals surface area contributed by atoms with Crippen LogP contribution in [0.2, 0.25) is 0 Å². The van der Waals surface area contributed by atoms with Crippen LogP contribution in [0.5, 0.6) is 0 Å². The van der Waals surface area contributed by atoms with E-state index in [1.165, 1.54) is 5.56 Å². The molecule has 0 aliphatic carbocycles. The highest BCUT2D eigenvalue weighted by Crippen LogP contribution is 2.28. The van der Waals surface area contributed by atoms with E-state index in [0.29, 0.717) is 30.5 Å². The quantitative estimate of drug-likeness (QED) is 0.827. The van der Waals surface area contributed by atoms with Crippen molar-refractivity contribution in [2.45, 2.75) is 57.8 Å². The fourth-order valence-corrected chi connectivity index (χ4v) is 3.38. The summed E-state index contributed by atoms with van der Waals surface area (Å²) in [4.78, 5) is 18.9. The van der Waals surface area contributed by atoms with Gasteiger partial charge in [0, 0.05) is 31.8 Å². The Hall–Kier alpha value is -2.17. The van der Waals surface area contributed by atoms with Crippen LogP contribution in [-0.4, -0.2) is 34.0 Å². The summed E-state index contributed by atoms with van der Waals surface area (Å²) in [6, 6.07) is 10.6. The van der Waals surface area contributed by atoms with E-state index in [1.54, 1.807) is 0 Å². The van der Waals surface area contributed by atoms with Gasteiger partial charge in [0.2, 0.25) is 11.8 Å². The van der Waals surface area contributed by atoms with E-state index in [4.69, 9.17) is 4.52 Å². The number of nitrogens with zero attached hydrogens (tertiary/aromatic N) is 3. The molecular weight excluding hydrogens is 314 g/mol. The SMILES string of the molecule is CC(C)c1noc(CCC(=O)N2CCC[C@H](c3ccccc3)CC2)n1. The van der Waals surface area contributed by atoms with Crippen molar-refractivity contribution >= 4 is 5.91 Å². The Labute approximate surface area is 149 Å². The summed E-state index contributed by atoms with van der Waals surface area (Å²) in [5.74, 6) is 2.27. The molecule has 0 bridgehead atoms. The van der Waals surface area contributed by atoms with E-state index < -0.39 is 0 Å². The average molecular weight is 341 g/mol. The normalized spacial score (nSPS) is 18.4. The zero-order valence-corrected chi connectivity index (χ0v) is 15.1. The number of carbonyl (C=O) groups is 1. The fraction of sp³-hybridized carbons (Fsp3) is 0.550. The van der Waals surface area contributed by atoms with Crippen LogP contribution in [0, 0.1) is 0 Å². The number of hydrogen-bond acceptors (Lipinski definition) is 4. The molecule has 2 heterocycles. The monoisotopic (exact) mass is 341 g/mol. The average Bonchev–Trinajstić information content (AvgIpc) is 2.97. The van der Waals surface area contributed by atoms with Gasteiger partial charge in [0.05, 0.1) is 0 Å². The Bertz CT molecular complexity index is 681. The molecule has 2 aromatic rings. The summed E-state index contributed by atoms with van der Waals surface area (Å²) in [5.41, 5.74) is 1.39. The Morgan fingerprint density at radius 2 is 2.04 bits per heavy atom. The molecule has 1 aromatic heterocycles. The smallest absolute Gasteiger partial charge is 0.227 e. The lowest BCUT2D eigenvalue weighted by Gasteiger charge is -2.20. The van der Waals surface area contributed by atoms with Crippen molar-refractivity contribution in [3.05, 3.63) is 47.6 Å². The van der Waals surface area contributed by atoms with Gasteiger partial charge in [0.1, 0.15) is 0 Å². The molecule has 1 amide bonds. The molecule has 5 heteroatoms. The largest absolute Gasteiger partial charge is 0.343 e. The van der Waals surface area contributed by atoms with Crippen LogP contribution in [0.4, 0.5) is 0 Å². The highest BCUT2D eigenvalue weighted by Gasteiger charge is 2.22. The van der Waals surface area contributed by atoms with Crippen molar-refractivity contribution in [2.75, 3.05) is 13.1 Å². The van der Waals surface area contributed by atoms with E-state index in [9.17, 15) is 4.79 Å². The third kappa shape index (κ3) is 4.68. The standard InChI is InChI=1S/C20H27N3O2/c1-15(2)20-21-18(25-22-20)10-11-19(24)23-13-6-9-17(12-14-23)16-7-4-3-5-8-16/h3-5,7-8,15,17H,6,9-14H2,1-2H3/t17-/m0/s1. The van der Waals surface area contributed by atoms with Gasteiger partial charge >= 0.3 is 0 Å². The molecule has 134 valence electrons. The lowest BCUT2D eigenvalue weighted by atomic mass is 9.92. The molecule has 3 rings (SSSR count). The molecule has 0 saturated carbocycles. The third-order valence-electron chi connectivity index (χ3n) is 4.90. The zero-order valence-electron chi connectivity index (χ0n) is 15.1. The first-order valence-corrected chi connectivity index (χ1v) is 9.28. The van der Waals surface area contributed by atoms with Gasteiger partial charge in [0.15, 0.2) is 5.82 Å². The number of carbonyl (C=O) groups excluding carboxylic acids is 1. The van der Waals surface area contributed by atoms with Gasteiger partial charge in [-0.15, -0.1) is 0 Å². The maximum atomic E-state index is 12.5. The first kappa shape index (κ1) is 17.6. The first-order valence-electron chi connectivity index (χ1n) is 9.28. The van der Waals surface area contributed by atoms with Crippen LogP contribution >= 0.6 is 0 Å². The zero-order chi connectivity index (χ0) is 17.6. The summed E-state index contributed by atoms with van der Waals surface area (Å²) in [5, 5.41) is 3.95. The van der Waals surface area contributed by atoms with Crippen molar-refractivity contribution < 1.29 is 9.32 Å². The second-order valence-electron chi connectivity index (χ2n) is 7.12. The fourth-order valence-electron chi connectivity index (χ4n) is 3.38. The molecule has 1 aliphatic rings. The molecule has 0 spiro atoms. The van der Waals surface area contributed by atoms with Gasteiger partial charge in [-0.2, -0.15) is 4.98 Å². The highest BCUT2D eigenvalue weighted by atomic mass is 16.5. The molecule has 1 atom stereocenters. The number of amides is 1. The van der Waals surface area contributed by atoms with Crippen molar-refractivity contribution in [2.24, 2.45) is 0 Å². The Kier molecular flexibility index (Phi) is 5.84. The van der Waals surface area contributed by atoms with Crippen molar-refractivity contribution in [3.63, 3.8) is 0 Å². The second-order valence-corrected chi connectivity index (χ2v) is 7.12. The molecule has 1 aliphatic heterocycles. The van der Waals surface area contributed by atoms with Gasteiger partial charge in [-0.25, -0.2) is 0 Å². The number of rotatable bonds is 5. The Balaban J connectivity index is 1.50. The number of aryl methyl sites for hydroxylation is 1. The van der Waals surface area contributed by atoms with Crippen LogP contribution in [-0.2, 0) is 11.2 Å². The minimum Gasteiger partial charge on any atom is -0.343 e. The van der Waals surface area contributed by atoms with Crippen LogP contribution < -0.4 is 0 Å². The predicted molar refractivity (Wildman–Crippen MR) is 96.3 cm³/mol. The summed E-state index contributed by atoms with van der Waals surface area (Å²) in [6.07, 6.45) is 4.21. The van der Waals surface area contributed by atoms with Crippen LogP contribution in [0.15, 0.2) is 34.9 Å². The van der Waals surface area contributed by atoms with Crippen LogP contribution in [0.25, 0.3) is 0 Å². The number of aromatic nitrogens is 2. The van der Waals surface area contributed by atoms with Gasteiger partial charge < -0.3 is 9.42 Å². The van der Waals surface area contributed by atoms with Gasteiger partial charge in [-0.3, -0.25) is 4.79 Å². The van der Waals surface area contributed by atoms with Gasteiger partial charge in [-0.05, 0) is 30.7 Å². The van der Waals surface area contributed by atoms with Crippen molar-refractivity contribution in [3.8, 4) is 0 Å². The molecule has 0 unspecified atom stereocenters. The third-order valence-corrected chi connectivity index (χ3v) is 4.90. The highest BCUT2D eigenvalue weighted by molar-refractivity contribution is 5.76. The Morgan fingerprint density at radius 3 is 2.76 bits per heavy atom. The van der Waals surface area contributed by atoms with E-state index in [0.717, 1.165) is 32.4 Å². The number of benzene rings is 1. The predicted octanol–water partition coefficient (Wildman–Crippen LogP) is 3.92. The lowest BCUT2D eigenvalue weighted by molar-refractivity contribution is -0.131. The number of hydrogen-bond donors (Lipinski definition) is 0. The first-order chi connectivity index (χ1) is 12.1. The summed E-state index contributed by atoms with van der Waals surface area (Å²) < 4.78 is 5.23. The van der Waals surface area contributed by atoms with Crippen molar-refractivity contribution in [1.29, 1.82) is 0 Å². The maximum absolute atomic E-state index is 12.5. The molecule has 0 N–H and O–H groups in total. The molecule has 1 saturated heterocycles. The van der Waals surface area contributed by atoms with E-state index in [-0.39, 0.29) is 11.8 Å². The summed E-state index contributed by atoms with van der Waals surface area (Å²) >= 11 is 0. The van der Waals surface area contributed by atoms with E-state index in [2.05, 4.69) is 40.5 Å².